The normalized spacial score (nSPS) is 14.6. The summed E-state index contributed by atoms with van der Waals surface area (Å²) in [7, 11) is 0. The number of amides is 1. The van der Waals surface area contributed by atoms with Crippen molar-refractivity contribution in [3.63, 3.8) is 0 Å². The lowest BCUT2D eigenvalue weighted by Gasteiger charge is -2.29. The van der Waals surface area contributed by atoms with Crippen LogP contribution in [0.1, 0.15) is 17.4 Å². The Hall–Kier alpha value is -2.59. The minimum atomic E-state index is -0.488. The molecule has 0 fully saturated rings. The number of nitrogens with zero attached hydrogens (tertiary/aromatic N) is 1. The molecule has 0 N–H and O–H groups in total. The van der Waals surface area contributed by atoms with E-state index in [2.05, 4.69) is 23.6 Å². The van der Waals surface area contributed by atoms with Gasteiger partial charge in [0.05, 0.1) is 0 Å². The van der Waals surface area contributed by atoms with E-state index in [9.17, 15) is 4.79 Å². The SMILES string of the molecule is CC(Oc1ccc(-c2ccccc2)cc1)C(=O)N1CCc2sccc2C1. The van der Waals surface area contributed by atoms with Crippen molar-refractivity contribution >= 4 is 17.2 Å². The van der Waals surface area contributed by atoms with Crippen LogP contribution in [0, 0.1) is 0 Å². The zero-order valence-corrected chi connectivity index (χ0v) is 15.5. The number of benzene rings is 2. The van der Waals surface area contributed by atoms with Crippen LogP contribution in [0.3, 0.4) is 0 Å². The number of hydrogen-bond acceptors (Lipinski definition) is 3. The lowest BCUT2D eigenvalue weighted by Crippen LogP contribution is -2.42. The summed E-state index contributed by atoms with van der Waals surface area (Å²) in [4.78, 5) is 16.0. The molecule has 3 aromatic rings. The molecule has 0 spiro atoms. The molecule has 0 saturated carbocycles. The molecule has 3 nitrogen and oxygen atoms in total. The van der Waals surface area contributed by atoms with Gasteiger partial charge < -0.3 is 9.64 Å². The zero-order chi connectivity index (χ0) is 17.9. The zero-order valence-electron chi connectivity index (χ0n) is 14.7. The number of thiophene rings is 1. The van der Waals surface area contributed by atoms with Crippen LogP contribution in [-0.2, 0) is 17.8 Å². The second kappa shape index (κ2) is 7.34. The Bertz CT molecular complexity index is 886. The second-order valence-electron chi connectivity index (χ2n) is 6.53. The topological polar surface area (TPSA) is 29.5 Å². The molecule has 0 saturated heterocycles. The molecule has 1 atom stereocenters. The van der Waals surface area contributed by atoms with Gasteiger partial charge in [0.1, 0.15) is 5.75 Å². The van der Waals surface area contributed by atoms with Crippen LogP contribution >= 0.6 is 11.3 Å². The lowest BCUT2D eigenvalue weighted by atomic mass is 10.1. The molecule has 132 valence electrons. The van der Waals surface area contributed by atoms with Gasteiger partial charge in [-0.15, -0.1) is 11.3 Å². The van der Waals surface area contributed by atoms with Gasteiger partial charge in [-0.25, -0.2) is 0 Å². The van der Waals surface area contributed by atoms with E-state index in [-0.39, 0.29) is 5.91 Å². The van der Waals surface area contributed by atoms with Crippen molar-refractivity contribution in [1.82, 2.24) is 4.90 Å². The van der Waals surface area contributed by atoms with Crippen LogP contribution in [0.2, 0.25) is 0 Å². The molecule has 0 radical (unpaired) electrons. The maximum Gasteiger partial charge on any atom is 0.263 e. The molecule has 0 bridgehead atoms. The van der Waals surface area contributed by atoms with Gasteiger partial charge in [0.15, 0.2) is 6.10 Å². The molecule has 1 aliphatic heterocycles. The molecular weight excluding hydrogens is 342 g/mol. The van der Waals surface area contributed by atoms with Gasteiger partial charge in [0.25, 0.3) is 5.91 Å². The average Bonchev–Trinajstić information content (AvgIpc) is 3.16. The van der Waals surface area contributed by atoms with E-state index in [4.69, 9.17) is 4.74 Å². The highest BCUT2D eigenvalue weighted by Crippen LogP contribution is 2.26. The summed E-state index contributed by atoms with van der Waals surface area (Å²) in [5.74, 6) is 0.771. The van der Waals surface area contributed by atoms with Crippen LogP contribution in [0.5, 0.6) is 5.75 Å². The molecule has 1 aromatic heterocycles. The fourth-order valence-corrected chi connectivity index (χ4v) is 4.19. The molecule has 2 aromatic carbocycles. The van der Waals surface area contributed by atoms with E-state index >= 15 is 0 Å². The Kier molecular flexibility index (Phi) is 4.76. The largest absolute Gasteiger partial charge is 0.481 e. The molecule has 1 unspecified atom stereocenters. The van der Waals surface area contributed by atoms with Gasteiger partial charge in [0, 0.05) is 18.0 Å². The van der Waals surface area contributed by atoms with Gasteiger partial charge in [0.2, 0.25) is 0 Å². The Labute approximate surface area is 157 Å². The first-order valence-corrected chi connectivity index (χ1v) is 9.75. The Balaban J connectivity index is 1.40. The van der Waals surface area contributed by atoms with Gasteiger partial charge in [-0.05, 0) is 53.6 Å². The summed E-state index contributed by atoms with van der Waals surface area (Å²) in [6, 6.07) is 20.3. The quantitative estimate of drug-likeness (QED) is 0.668. The summed E-state index contributed by atoms with van der Waals surface area (Å²) < 4.78 is 5.90. The highest BCUT2D eigenvalue weighted by atomic mass is 32.1. The first-order valence-electron chi connectivity index (χ1n) is 8.87. The molecule has 0 aliphatic carbocycles. The monoisotopic (exact) mass is 363 g/mol. The van der Waals surface area contributed by atoms with Crippen LogP contribution in [0.15, 0.2) is 66.0 Å². The summed E-state index contributed by atoms with van der Waals surface area (Å²) in [5.41, 5.74) is 3.58. The third kappa shape index (κ3) is 3.51. The predicted octanol–water partition coefficient (Wildman–Crippen LogP) is 4.77. The minimum absolute atomic E-state index is 0.0500. The number of ether oxygens (including phenoxy) is 1. The molecule has 1 amide bonds. The molecule has 26 heavy (non-hydrogen) atoms. The van der Waals surface area contributed by atoms with Crippen LogP contribution < -0.4 is 4.74 Å². The van der Waals surface area contributed by atoms with E-state index < -0.39 is 6.10 Å². The maximum atomic E-state index is 12.7. The summed E-state index contributed by atoms with van der Waals surface area (Å²) >= 11 is 1.78. The van der Waals surface area contributed by atoms with E-state index in [1.165, 1.54) is 16.0 Å². The van der Waals surface area contributed by atoms with Crippen molar-refractivity contribution in [2.24, 2.45) is 0 Å². The third-order valence-corrected chi connectivity index (χ3v) is 5.76. The molecular formula is C22H21NO2S. The van der Waals surface area contributed by atoms with E-state index in [0.29, 0.717) is 6.54 Å². The van der Waals surface area contributed by atoms with Crippen molar-refractivity contribution < 1.29 is 9.53 Å². The molecule has 4 rings (SSSR count). The lowest BCUT2D eigenvalue weighted by molar-refractivity contribution is -0.138. The van der Waals surface area contributed by atoms with E-state index in [1.54, 1.807) is 11.3 Å². The van der Waals surface area contributed by atoms with Crippen LogP contribution in [0.25, 0.3) is 11.1 Å². The smallest absolute Gasteiger partial charge is 0.263 e. The number of rotatable bonds is 4. The van der Waals surface area contributed by atoms with Gasteiger partial charge in [-0.2, -0.15) is 0 Å². The van der Waals surface area contributed by atoms with Crippen LogP contribution in [-0.4, -0.2) is 23.5 Å². The minimum Gasteiger partial charge on any atom is -0.481 e. The van der Waals surface area contributed by atoms with Gasteiger partial charge in [-0.1, -0.05) is 42.5 Å². The van der Waals surface area contributed by atoms with E-state index in [0.717, 1.165) is 24.3 Å². The molecule has 2 heterocycles. The summed E-state index contributed by atoms with van der Waals surface area (Å²) in [5, 5.41) is 2.10. The van der Waals surface area contributed by atoms with Crippen molar-refractivity contribution in [2.45, 2.75) is 26.0 Å². The summed E-state index contributed by atoms with van der Waals surface area (Å²) in [6.45, 7) is 3.29. The first kappa shape index (κ1) is 16.9. The first-order chi connectivity index (χ1) is 12.7. The van der Waals surface area contributed by atoms with E-state index in [1.807, 2.05) is 54.3 Å². The number of carbonyl (C=O) groups is 1. The highest BCUT2D eigenvalue weighted by Gasteiger charge is 2.26. The Morgan fingerprint density at radius 2 is 1.77 bits per heavy atom. The third-order valence-electron chi connectivity index (χ3n) is 4.74. The van der Waals surface area contributed by atoms with Crippen molar-refractivity contribution in [3.8, 4) is 16.9 Å². The molecule has 4 heteroatoms. The number of carbonyl (C=O) groups excluding carboxylic acids is 1. The fourth-order valence-electron chi connectivity index (χ4n) is 3.30. The Morgan fingerprint density at radius 1 is 1.04 bits per heavy atom. The van der Waals surface area contributed by atoms with Crippen molar-refractivity contribution in [1.29, 1.82) is 0 Å². The van der Waals surface area contributed by atoms with Gasteiger partial charge in [-0.3, -0.25) is 4.79 Å². The standard InChI is InChI=1S/C22H21NO2S/c1-16(22(24)23-13-11-21-19(15-23)12-14-26-21)25-20-9-7-18(8-10-20)17-5-3-2-4-6-17/h2-10,12,14,16H,11,13,15H2,1H3. The number of hydrogen-bond donors (Lipinski definition) is 0. The van der Waals surface area contributed by atoms with Gasteiger partial charge >= 0.3 is 0 Å². The number of fused-ring (bicyclic) bond motifs is 1. The fraction of sp³-hybridized carbons (Fsp3) is 0.227. The Morgan fingerprint density at radius 3 is 2.54 bits per heavy atom. The maximum absolute atomic E-state index is 12.7. The predicted molar refractivity (Wildman–Crippen MR) is 105 cm³/mol. The molecule has 1 aliphatic rings. The summed E-state index contributed by atoms with van der Waals surface area (Å²) in [6.07, 6.45) is 0.454. The highest BCUT2D eigenvalue weighted by molar-refractivity contribution is 7.10. The van der Waals surface area contributed by atoms with Crippen molar-refractivity contribution in [2.75, 3.05) is 6.54 Å². The van der Waals surface area contributed by atoms with Crippen molar-refractivity contribution in [3.05, 3.63) is 76.5 Å². The average molecular weight is 363 g/mol. The second-order valence-corrected chi connectivity index (χ2v) is 7.53. The van der Waals surface area contributed by atoms with Crippen LogP contribution in [0.4, 0.5) is 0 Å².